The van der Waals surface area contributed by atoms with E-state index in [1.54, 1.807) is 19.4 Å². The fourth-order valence-corrected chi connectivity index (χ4v) is 2.83. The van der Waals surface area contributed by atoms with Crippen molar-refractivity contribution in [1.29, 1.82) is 0 Å². The second kappa shape index (κ2) is 7.31. The van der Waals surface area contributed by atoms with E-state index >= 15 is 0 Å². The maximum atomic E-state index is 11.2. The van der Waals surface area contributed by atoms with Crippen molar-refractivity contribution in [2.45, 2.75) is 19.1 Å². The molecule has 0 aliphatic carbocycles. The molecule has 1 N–H and O–H groups in total. The molecule has 1 aromatic heterocycles. The number of benzene rings is 1. The lowest BCUT2D eigenvalue weighted by Gasteiger charge is -2.17. The minimum Gasteiger partial charge on any atom is -0.497 e. The van der Waals surface area contributed by atoms with E-state index < -0.39 is 5.97 Å². The van der Waals surface area contributed by atoms with Crippen LogP contribution >= 0.6 is 0 Å². The van der Waals surface area contributed by atoms with Gasteiger partial charge in [-0.25, -0.2) is 9.78 Å². The van der Waals surface area contributed by atoms with Crippen LogP contribution in [0.2, 0.25) is 0 Å². The number of aromatic carboxylic acids is 1. The van der Waals surface area contributed by atoms with Gasteiger partial charge in [0.2, 0.25) is 5.88 Å². The van der Waals surface area contributed by atoms with E-state index in [1.807, 2.05) is 24.3 Å². The number of rotatable bonds is 6. The third kappa shape index (κ3) is 3.83. The number of hydrogen-bond donors (Lipinski definition) is 1. The van der Waals surface area contributed by atoms with Crippen molar-refractivity contribution in [2.75, 3.05) is 20.2 Å². The number of carboxylic acids is 1. The summed E-state index contributed by atoms with van der Waals surface area (Å²) in [6, 6.07) is 11.1. The highest BCUT2D eigenvalue weighted by Crippen LogP contribution is 2.22. The molecule has 1 aliphatic rings. The average Bonchev–Trinajstić information content (AvgIpc) is 3.03. The van der Waals surface area contributed by atoms with Crippen molar-refractivity contribution >= 4 is 5.97 Å². The molecule has 0 spiro atoms. The molecule has 1 aromatic carbocycles. The molecule has 1 atom stereocenters. The monoisotopic (exact) mass is 328 g/mol. The number of methoxy groups -OCH3 is 1. The third-order valence-corrected chi connectivity index (χ3v) is 4.07. The molecule has 24 heavy (non-hydrogen) atoms. The van der Waals surface area contributed by atoms with E-state index in [2.05, 4.69) is 9.88 Å². The lowest BCUT2D eigenvalue weighted by molar-refractivity contribution is 0.0687. The van der Waals surface area contributed by atoms with Crippen molar-refractivity contribution in [3.05, 3.63) is 53.7 Å². The van der Waals surface area contributed by atoms with Gasteiger partial charge in [0.05, 0.1) is 7.11 Å². The Morgan fingerprint density at radius 3 is 2.83 bits per heavy atom. The third-order valence-electron chi connectivity index (χ3n) is 4.07. The Morgan fingerprint density at radius 2 is 2.12 bits per heavy atom. The summed E-state index contributed by atoms with van der Waals surface area (Å²) in [6.45, 7) is 2.49. The van der Waals surface area contributed by atoms with Gasteiger partial charge in [-0.3, -0.25) is 4.90 Å². The van der Waals surface area contributed by atoms with Crippen LogP contribution in [-0.4, -0.2) is 47.3 Å². The number of carbonyl (C=O) groups is 1. The lowest BCUT2D eigenvalue weighted by atomic mass is 10.2. The summed E-state index contributed by atoms with van der Waals surface area (Å²) in [5, 5.41) is 9.19. The van der Waals surface area contributed by atoms with Gasteiger partial charge in [-0.15, -0.1) is 0 Å². The van der Waals surface area contributed by atoms with Gasteiger partial charge < -0.3 is 14.6 Å². The number of hydrogen-bond acceptors (Lipinski definition) is 5. The van der Waals surface area contributed by atoms with Crippen LogP contribution in [0.5, 0.6) is 11.6 Å². The fraction of sp³-hybridized carbons (Fsp3) is 0.333. The summed E-state index contributed by atoms with van der Waals surface area (Å²) in [4.78, 5) is 17.6. The highest BCUT2D eigenvalue weighted by molar-refractivity contribution is 5.90. The predicted molar refractivity (Wildman–Crippen MR) is 88.5 cm³/mol. The molecule has 0 amide bonds. The number of likely N-dealkylation sites (tertiary alicyclic amines) is 1. The van der Waals surface area contributed by atoms with Crippen molar-refractivity contribution in [3.8, 4) is 11.6 Å². The molecular formula is C18H20N2O4. The first-order valence-corrected chi connectivity index (χ1v) is 7.86. The number of pyridine rings is 1. The van der Waals surface area contributed by atoms with Crippen LogP contribution in [0.15, 0.2) is 42.6 Å². The fourth-order valence-electron chi connectivity index (χ4n) is 2.83. The average molecular weight is 328 g/mol. The summed E-state index contributed by atoms with van der Waals surface area (Å²) in [5.74, 6) is 0.0187. The Morgan fingerprint density at radius 1 is 1.33 bits per heavy atom. The topological polar surface area (TPSA) is 71.9 Å². The van der Waals surface area contributed by atoms with Crippen LogP contribution in [0.4, 0.5) is 0 Å². The largest absolute Gasteiger partial charge is 0.497 e. The quantitative estimate of drug-likeness (QED) is 0.878. The van der Waals surface area contributed by atoms with Crippen LogP contribution in [0.1, 0.15) is 22.3 Å². The Kier molecular flexibility index (Phi) is 4.96. The minimum absolute atomic E-state index is 0.0451. The molecule has 126 valence electrons. The Balaban J connectivity index is 1.58. The van der Waals surface area contributed by atoms with Gasteiger partial charge >= 0.3 is 5.97 Å². The van der Waals surface area contributed by atoms with E-state index in [0.29, 0.717) is 0 Å². The van der Waals surface area contributed by atoms with Gasteiger partial charge in [0.1, 0.15) is 17.4 Å². The maximum Gasteiger partial charge on any atom is 0.341 e. The molecule has 1 aliphatic heterocycles. The summed E-state index contributed by atoms with van der Waals surface area (Å²) in [5.41, 5.74) is 1.31. The highest BCUT2D eigenvalue weighted by Gasteiger charge is 2.26. The second-order valence-corrected chi connectivity index (χ2v) is 5.77. The molecule has 1 unspecified atom stereocenters. The number of nitrogens with zero attached hydrogens (tertiary/aromatic N) is 2. The molecule has 1 saturated heterocycles. The van der Waals surface area contributed by atoms with Crippen LogP contribution in [-0.2, 0) is 6.54 Å². The molecule has 0 saturated carbocycles. The molecule has 1 fully saturated rings. The minimum atomic E-state index is -1.02. The number of ether oxygens (including phenoxy) is 2. The molecule has 2 aromatic rings. The van der Waals surface area contributed by atoms with Crippen LogP contribution in [0.3, 0.4) is 0 Å². The van der Waals surface area contributed by atoms with Crippen LogP contribution in [0.25, 0.3) is 0 Å². The first-order valence-electron chi connectivity index (χ1n) is 7.86. The standard InChI is InChI=1S/C18H20N2O4/c1-23-14-6-4-13(5-7-14)11-20-10-8-15(12-20)24-17-16(18(21)22)3-2-9-19-17/h2-7,9,15H,8,10-12H2,1H3,(H,21,22). The van der Waals surface area contributed by atoms with Gasteiger partial charge in [0.15, 0.2) is 0 Å². The van der Waals surface area contributed by atoms with E-state index in [1.165, 1.54) is 11.6 Å². The summed E-state index contributed by atoms with van der Waals surface area (Å²) >= 11 is 0. The van der Waals surface area contributed by atoms with E-state index in [4.69, 9.17) is 9.47 Å². The highest BCUT2D eigenvalue weighted by atomic mass is 16.5. The van der Waals surface area contributed by atoms with Gasteiger partial charge in [0.25, 0.3) is 0 Å². The van der Waals surface area contributed by atoms with Gasteiger partial charge in [-0.1, -0.05) is 12.1 Å². The van der Waals surface area contributed by atoms with E-state index in [-0.39, 0.29) is 17.5 Å². The van der Waals surface area contributed by atoms with Gasteiger partial charge in [0, 0.05) is 25.8 Å². The van der Waals surface area contributed by atoms with E-state index in [0.717, 1.165) is 31.8 Å². The SMILES string of the molecule is COc1ccc(CN2CCC(Oc3ncccc3C(=O)O)C2)cc1. The van der Waals surface area contributed by atoms with Crippen LogP contribution < -0.4 is 9.47 Å². The Hall–Kier alpha value is -2.60. The first kappa shape index (κ1) is 16.3. The van der Waals surface area contributed by atoms with E-state index in [9.17, 15) is 9.90 Å². The van der Waals surface area contributed by atoms with Crippen molar-refractivity contribution < 1.29 is 19.4 Å². The van der Waals surface area contributed by atoms with Gasteiger partial charge in [-0.05, 0) is 36.2 Å². The van der Waals surface area contributed by atoms with Gasteiger partial charge in [-0.2, -0.15) is 0 Å². The zero-order valence-corrected chi connectivity index (χ0v) is 13.5. The first-order chi connectivity index (χ1) is 11.7. The molecule has 6 heteroatoms. The predicted octanol–water partition coefficient (Wildman–Crippen LogP) is 2.44. The Labute approximate surface area is 140 Å². The molecule has 6 nitrogen and oxygen atoms in total. The molecule has 0 radical (unpaired) electrons. The molecule has 3 rings (SSSR count). The lowest BCUT2D eigenvalue weighted by Crippen LogP contribution is -2.25. The normalized spacial score (nSPS) is 17.6. The number of aromatic nitrogens is 1. The second-order valence-electron chi connectivity index (χ2n) is 5.77. The Bertz CT molecular complexity index is 702. The molecular weight excluding hydrogens is 308 g/mol. The number of carboxylic acid groups (broad SMARTS) is 1. The molecule has 0 bridgehead atoms. The van der Waals surface area contributed by atoms with Crippen molar-refractivity contribution in [1.82, 2.24) is 9.88 Å². The zero-order chi connectivity index (χ0) is 16.9. The smallest absolute Gasteiger partial charge is 0.341 e. The summed E-state index contributed by atoms with van der Waals surface area (Å²) in [6.07, 6.45) is 2.36. The summed E-state index contributed by atoms with van der Waals surface area (Å²) in [7, 11) is 1.65. The van der Waals surface area contributed by atoms with Crippen LogP contribution in [0, 0.1) is 0 Å². The van der Waals surface area contributed by atoms with Crippen molar-refractivity contribution in [2.24, 2.45) is 0 Å². The van der Waals surface area contributed by atoms with Crippen molar-refractivity contribution in [3.63, 3.8) is 0 Å². The summed E-state index contributed by atoms with van der Waals surface area (Å²) < 4.78 is 11.0. The zero-order valence-electron chi connectivity index (χ0n) is 13.5. The maximum absolute atomic E-state index is 11.2. The molecule has 2 heterocycles.